The van der Waals surface area contributed by atoms with Crippen molar-refractivity contribution in [3.63, 3.8) is 0 Å². The van der Waals surface area contributed by atoms with Crippen molar-refractivity contribution in [2.24, 2.45) is 0 Å². The summed E-state index contributed by atoms with van der Waals surface area (Å²) in [6.07, 6.45) is 3.94. The number of hydrogen-bond donors (Lipinski definition) is 1. The van der Waals surface area contributed by atoms with Gasteiger partial charge >= 0.3 is 0 Å². The lowest BCUT2D eigenvalue weighted by molar-refractivity contribution is 0.0750. The number of rotatable bonds is 5. The van der Waals surface area contributed by atoms with Gasteiger partial charge in [-0.05, 0) is 44.4 Å². The zero-order chi connectivity index (χ0) is 18.3. The summed E-state index contributed by atoms with van der Waals surface area (Å²) in [5.41, 5.74) is -0.0116. The van der Waals surface area contributed by atoms with Crippen molar-refractivity contribution in [1.29, 1.82) is 0 Å². The number of hydrogen-bond acceptors (Lipinski definition) is 3. The lowest BCUT2D eigenvalue weighted by atomic mass is 10.1. The standard InChI is InChI=1S/C21H23NO3/c1-4-22(16-8-11-17-9-6-5-7-10-17)20(23)19-13-12-18(25-19)14-15-21(2,3)24/h5-13,24H,4,16H2,1-3H3. The van der Waals surface area contributed by atoms with Crippen molar-refractivity contribution in [2.45, 2.75) is 26.4 Å². The van der Waals surface area contributed by atoms with E-state index in [0.29, 0.717) is 18.8 Å². The van der Waals surface area contributed by atoms with Gasteiger partial charge in [-0.15, -0.1) is 0 Å². The van der Waals surface area contributed by atoms with Gasteiger partial charge in [0.15, 0.2) is 11.5 Å². The molecular weight excluding hydrogens is 314 g/mol. The second kappa shape index (κ2) is 8.36. The highest BCUT2D eigenvalue weighted by Gasteiger charge is 2.17. The molecule has 25 heavy (non-hydrogen) atoms. The minimum absolute atomic E-state index is 0.184. The van der Waals surface area contributed by atoms with Crippen molar-refractivity contribution in [3.05, 3.63) is 65.6 Å². The van der Waals surface area contributed by atoms with Crippen molar-refractivity contribution in [3.8, 4) is 11.8 Å². The van der Waals surface area contributed by atoms with Gasteiger partial charge in [-0.1, -0.05) is 48.4 Å². The fraction of sp³-hybridized carbons (Fsp3) is 0.286. The Labute approximate surface area is 148 Å². The quantitative estimate of drug-likeness (QED) is 0.849. The largest absolute Gasteiger partial charge is 0.443 e. The smallest absolute Gasteiger partial charge is 0.289 e. The van der Waals surface area contributed by atoms with Crippen LogP contribution >= 0.6 is 0 Å². The fourth-order valence-corrected chi connectivity index (χ4v) is 2.13. The van der Waals surface area contributed by atoms with Crippen LogP contribution in [0.5, 0.6) is 0 Å². The van der Waals surface area contributed by atoms with Gasteiger partial charge in [0.2, 0.25) is 0 Å². The van der Waals surface area contributed by atoms with Gasteiger partial charge in [0.25, 0.3) is 5.91 Å². The fourth-order valence-electron chi connectivity index (χ4n) is 2.13. The van der Waals surface area contributed by atoms with Crippen LogP contribution in [0.2, 0.25) is 0 Å². The molecule has 2 rings (SSSR count). The Morgan fingerprint density at radius 3 is 2.60 bits per heavy atom. The van der Waals surface area contributed by atoms with E-state index in [4.69, 9.17) is 4.42 Å². The van der Waals surface area contributed by atoms with E-state index in [0.717, 1.165) is 5.56 Å². The number of carbonyl (C=O) groups excluding carboxylic acids is 1. The lowest BCUT2D eigenvalue weighted by Crippen LogP contribution is -2.30. The average Bonchev–Trinajstić information content (AvgIpc) is 3.06. The third-order valence-electron chi connectivity index (χ3n) is 3.41. The Morgan fingerprint density at radius 1 is 1.24 bits per heavy atom. The molecule has 0 spiro atoms. The van der Waals surface area contributed by atoms with Crippen LogP contribution in [0, 0.1) is 11.8 Å². The van der Waals surface area contributed by atoms with Gasteiger partial charge in [-0.2, -0.15) is 0 Å². The van der Waals surface area contributed by atoms with Crippen molar-refractivity contribution >= 4 is 12.0 Å². The number of carbonyl (C=O) groups is 1. The summed E-state index contributed by atoms with van der Waals surface area (Å²) in [5, 5.41) is 9.61. The van der Waals surface area contributed by atoms with Crippen LogP contribution < -0.4 is 0 Å². The Balaban J connectivity index is 2.03. The third-order valence-corrected chi connectivity index (χ3v) is 3.41. The van der Waals surface area contributed by atoms with Gasteiger partial charge in [0, 0.05) is 13.1 Å². The molecule has 0 atom stereocenters. The second-order valence-electron chi connectivity index (χ2n) is 6.13. The van der Waals surface area contributed by atoms with Gasteiger partial charge in [-0.25, -0.2) is 0 Å². The maximum absolute atomic E-state index is 12.5. The minimum atomic E-state index is -1.10. The van der Waals surface area contributed by atoms with E-state index in [9.17, 15) is 9.90 Å². The molecule has 0 saturated heterocycles. The second-order valence-corrected chi connectivity index (χ2v) is 6.13. The van der Waals surface area contributed by atoms with Crippen LogP contribution in [0.15, 0.2) is 53.0 Å². The zero-order valence-electron chi connectivity index (χ0n) is 14.8. The molecule has 1 heterocycles. The molecule has 0 fully saturated rings. The molecule has 1 aromatic heterocycles. The highest BCUT2D eigenvalue weighted by Crippen LogP contribution is 2.11. The molecule has 1 amide bonds. The van der Waals surface area contributed by atoms with Gasteiger partial charge in [0.05, 0.1) is 0 Å². The summed E-state index contributed by atoms with van der Waals surface area (Å²) in [7, 11) is 0. The van der Waals surface area contributed by atoms with E-state index in [1.807, 2.05) is 49.4 Å². The first-order chi connectivity index (χ1) is 11.9. The van der Waals surface area contributed by atoms with E-state index in [1.165, 1.54) is 0 Å². The SMILES string of the molecule is CCN(CC=Cc1ccccc1)C(=O)c1ccc(C#CC(C)(C)O)o1. The summed E-state index contributed by atoms with van der Waals surface area (Å²) in [6.45, 7) is 6.17. The molecule has 0 saturated carbocycles. The summed E-state index contributed by atoms with van der Waals surface area (Å²) in [4.78, 5) is 14.2. The van der Waals surface area contributed by atoms with E-state index < -0.39 is 5.60 Å². The Bertz CT molecular complexity index is 786. The molecular formula is C21H23NO3. The summed E-state index contributed by atoms with van der Waals surface area (Å²) in [5.74, 6) is 5.82. The van der Waals surface area contributed by atoms with E-state index >= 15 is 0 Å². The summed E-state index contributed by atoms with van der Waals surface area (Å²) < 4.78 is 5.49. The van der Waals surface area contributed by atoms with Crippen LogP contribution in [0.3, 0.4) is 0 Å². The highest BCUT2D eigenvalue weighted by molar-refractivity contribution is 5.91. The molecule has 1 N–H and O–H groups in total. The monoisotopic (exact) mass is 337 g/mol. The molecule has 4 nitrogen and oxygen atoms in total. The molecule has 2 aromatic rings. The van der Waals surface area contributed by atoms with Crippen molar-refractivity contribution < 1.29 is 14.3 Å². The van der Waals surface area contributed by atoms with Crippen LogP contribution in [0.4, 0.5) is 0 Å². The van der Waals surface area contributed by atoms with E-state index in [1.54, 1.807) is 30.9 Å². The Kier molecular flexibility index (Phi) is 6.21. The number of aliphatic hydroxyl groups is 1. The Hall–Kier alpha value is -2.77. The van der Waals surface area contributed by atoms with Gasteiger partial charge in [0.1, 0.15) is 5.60 Å². The molecule has 0 aliphatic heterocycles. The van der Waals surface area contributed by atoms with Gasteiger partial charge in [-0.3, -0.25) is 4.79 Å². The first kappa shape index (κ1) is 18.6. The molecule has 0 aliphatic carbocycles. The molecule has 0 aliphatic rings. The zero-order valence-corrected chi connectivity index (χ0v) is 14.8. The van der Waals surface area contributed by atoms with Crippen LogP contribution in [0.25, 0.3) is 6.08 Å². The Morgan fingerprint density at radius 2 is 1.96 bits per heavy atom. The third kappa shape index (κ3) is 5.98. The van der Waals surface area contributed by atoms with E-state index in [2.05, 4.69) is 11.8 Å². The molecule has 0 unspecified atom stereocenters. The minimum Gasteiger partial charge on any atom is -0.443 e. The number of likely N-dealkylation sites (N-methyl/N-ethyl adjacent to an activating group) is 1. The van der Waals surface area contributed by atoms with Crippen LogP contribution in [0.1, 0.15) is 42.6 Å². The first-order valence-corrected chi connectivity index (χ1v) is 8.25. The molecule has 1 aromatic carbocycles. The van der Waals surface area contributed by atoms with Crippen LogP contribution in [-0.4, -0.2) is 34.6 Å². The maximum atomic E-state index is 12.5. The molecule has 130 valence electrons. The normalized spacial score (nSPS) is 11.2. The average molecular weight is 337 g/mol. The van der Waals surface area contributed by atoms with E-state index in [-0.39, 0.29) is 11.7 Å². The van der Waals surface area contributed by atoms with Crippen molar-refractivity contribution in [1.82, 2.24) is 4.90 Å². The molecule has 4 heteroatoms. The summed E-state index contributed by atoms with van der Waals surface area (Å²) >= 11 is 0. The summed E-state index contributed by atoms with van der Waals surface area (Å²) in [6, 6.07) is 13.2. The predicted molar refractivity (Wildman–Crippen MR) is 98.9 cm³/mol. The number of benzene rings is 1. The lowest BCUT2D eigenvalue weighted by Gasteiger charge is -2.17. The number of amides is 1. The molecule has 0 radical (unpaired) electrons. The topological polar surface area (TPSA) is 53.7 Å². The molecule has 0 bridgehead atoms. The van der Waals surface area contributed by atoms with Crippen molar-refractivity contribution in [2.75, 3.05) is 13.1 Å². The maximum Gasteiger partial charge on any atom is 0.289 e. The highest BCUT2D eigenvalue weighted by atomic mass is 16.4. The number of nitrogens with zero attached hydrogens (tertiary/aromatic N) is 1. The first-order valence-electron chi connectivity index (χ1n) is 8.25. The van der Waals surface area contributed by atoms with Gasteiger partial charge < -0.3 is 14.4 Å². The number of furan rings is 1. The predicted octanol–water partition coefficient (Wildman–Crippen LogP) is 3.58. The van der Waals surface area contributed by atoms with Crippen LogP contribution in [-0.2, 0) is 0 Å².